The predicted octanol–water partition coefficient (Wildman–Crippen LogP) is 8.47. The van der Waals surface area contributed by atoms with E-state index in [2.05, 4.69) is 34.8 Å². The molecule has 48 heavy (non-hydrogen) atoms. The SMILES string of the molecule is COc1cccc(-c2csc(NC(=O)C(C)Sc3ccc(NC(=O)/C(=C/c4ccc(C(C)C)cc4)NC(=O)c4ccccc4)cc3)n2)c1. The molecule has 0 spiro atoms. The average molecular weight is 677 g/mol. The molecule has 5 rings (SSSR count). The molecule has 1 heterocycles. The maximum atomic E-state index is 13.4. The van der Waals surface area contributed by atoms with E-state index in [0.29, 0.717) is 22.3 Å². The largest absolute Gasteiger partial charge is 0.497 e. The first kappa shape index (κ1) is 34.2. The number of amides is 3. The highest BCUT2D eigenvalue weighted by Gasteiger charge is 2.18. The maximum Gasteiger partial charge on any atom is 0.272 e. The van der Waals surface area contributed by atoms with Gasteiger partial charge in [-0.1, -0.05) is 68.4 Å². The minimum absolute atomic E-state index is 0.113. The van der Waals surface area contributed by atoms with Crippen molar-refractivity contribution < 1.29 is 19.1 Å². The van der Waals surface area contributed by atoms with Crippen molar-refractivity contribution in [3.8, 4) is 17.0 Å². The number of nitrogens with zero attached hydrogens (tertiary/aromatic N) is 1. The van der Waals surface area contributed by atoms with Crippen LogP contribution in [0.1, 0.15) is 48.2 Å². The van der Waals surface area contributed by atoms with Crippen molar-refractivity contribution in [2.75, 3.05) is 17.7 Å². The van der Waals surface area contributed by atoms with E-state index >= 15 is 0 Å². The third kappa shape index (κ3) is 9.21. The second-order valence-electron chi connectivity index (χ2n) is 11.2. The Kier molecular flexibility index (Phi) is 11.4. The van der Waals surface area contributed by atoms with E-state index in [9.17, 15) is 14.4 Å². The van der Waals surface area contributed by atoms with Gasteiger partial charge in [-0.05, 0) is 78.6 Å². The van der Waals surface area contributed by atoms with E-state index in [-0.39, 0.29) is 17.5 Å². The van der Waals surface area contributed by atoms with Gasteiger partial charge in [-0.3, -0.25) is 14.4 Å². The summed E-state index contributed by atoms with van der Waals surface area (Å²) >= 11 is 2.75. The maximum absolute atomic E-state index is 13.4. The molecule has 0 saturated carbocycles. The summed E-state index contributed by atoms with van der Waals surface area (Å²) < 4.78 is 5.30. The van der Waals surface area contributed by atoms with Gasteiger partial charge >= 0.3 is 0 Å². The summed E-state index contributed by atoms with van der Waals surface area (Å²) in [5, 5.41) is 10.6. The van der Waals surface area contributed by atoms with Crippen LogP contribution in [0.25, 0.3) is 17.3 Å². The second kappa shape index (κ2) is 16.1. The lowest BCUT2D eigenvalue weighted by atomic mass is 10.0. The van der Waals surface area contributed by atoms with Gasteiger partial charge in [0.25, 0.3) is 11.8 Å². The molecule has 0 fully saturated rings. The molecular formula is C38H36N4O4S2. The van der Waals surface area contributed by atoms with Gasteiger partial charge in [-0.2, -0.15) is 0 Å². The van der Waals surface area contributed by atoms with Gasteiger partial charge in [0.2, 0.25) is 5.91 Å². The first-order chi connectivity index (χ1) is 23.2. The highest BCUT2D eigenvalue weighted by Crippen LogP contribution is 2.29. The number of hydrogen-bond donors (Lipinski definition) is 3. The molecule has 0 aliphatic heterocycles. The number of benzene rings is 4. The smallest absolute Gasteiger partial charge is 0.272 e. The number of methoxy groups -OCH3 is 1. The van der Waals surface area contributed by atoms with Crippen LogP contribution >= 0.6 is 23.1 Å². The predicted molar refractivity (Wildman–Crippen MR) is 196 cm³/mol. The zero-order valence-electron chi connectivity index (χ0n) is 27.0. The summed E-state index contributed by atoms with van der Waals surface area (Å²) in [4.78, 5) is 44.8. The van der Waals surface area contributed by atoms with Crippen molar-refractivity contribution in [1.82, 2.24) is 10.3 Å². The fourth-order valence-electron chi connectivity index (χ4n) is 4.61. The average Bonchev–Trinajstić information content (AvgIpc) is 3.57. The first-order valence-corrected chi connectivity index (χ1v) is 17.1. The summed E-state index contributed by atoms with van der Waals surface area (Å²) in [6, 6.07) is 31.4. The molecule has 10 heteroatoms. The number of ether oxygens (including phenoxy) is 1. The minimum atomic E-state index is -0.461. The lowest BCUT2D eigenvalue weighted by Gasteiger charge is -2.13. The lowest BCUT2D eigenvalue weighted by molar-refractivity contribution is -0.115. The van der Waals surface area contributed by atoms with Crippen molar-refractivity contribution in [1.29, 1.82) is 0 Å². The van der Waals surface area contributed by atoms with E-state index < -0.39 is 11.2 Å². The van der Waals surface area contributed by atoms with Crippen molar-refractivity contribution in [2.45, 2.75) is 36.8 Å². The third-order valence-corrected chi connectivity index (χ3v) is 9.21. The molecule has 0 aliphatic carbocycles. The molecule has 0 radical (unpaired) electrons. The third-order valence-electron chi connectivity index (χ3n) is 7.34. The van der Waals surface area contributed by atoms with Gasteiger partial charge in [0.1, 0.15) is 11.4 Å². The topological polar surface area (TPSA) is 109 Å². The highest BCUT2D eigenvalue weighted by atomic mass is 32.2. The number of carbonyl (C=O) groups is 3. The van der Waals surface area contributed by atoms with Crippen LogP contribution < -0.4 is 20.7 Å². The standard InChI is InChI=1S/C38H36N4O4S2/c1-24(2)27-15-13-26(14-16-27)21-33(40-36(44)28-9-6-5-7-10-28)37(45)39-30-17-19-32(20-18-30)48-25(3)35(43)42-38-41-34(23-47-38)29-11-8-12-31(22-29)46-4/h5-25H,1-4H3,(H,39,45)(H,40,44)(H,41,42,43)/b33-21-. The van der Waals surface area contributed by atoms with Crippen LogP contribution in [0, 0.1) is 0 Å². The zero-order valence-corrected chi connectivity index (χ0v) is 28.7. The Labute approximate surface area is 288 Å². The van der Waals surface area contributed by atoms with Crippen LogP contribution in [-0.4, -0.2) is 35.1 Å². The first-order valence-electron chi connectivity index (χ1n) is 15.4. The summed E-state index contributed by atoms with van der Waals surface area (Å²) in [6.07, 6.45) is 1.66. The fraction of sp³-hybridized carbons (Fsp3) is 0.158. The van der Waals surface area contributed by atoms with Crippen LogP contribution in [0.15, 0.2) is 119 Å². The Balaban J connectivity index is 1.22. The summed E-state index contributed by atoms with van der Waals surface area (Å²) in [5.41, 5.74) is 4.73. The van der Waals surface area contributed by atoms with Crippen LogP contribution in [0.4, 0.5) is 10.8 Å². The van der Waals surface area contributed by atoms with Gasteiger partial charge in [0, 0.05) is 27.1 Å². The number of thiazole rings is 1. The lowest BCUT2D eigenvalue weighted by Crippen LogP contribution is -2.30. The molecule has 8 nitrogen and oxygen atoms in total. The van der Waals surface area contributed by atoms with E-state index in [1.165, 1.54) is 28.7 Å². The van der Waals surface area contributed by atoms with Crippen LogP contribution in [0.5, 0.6) is 5.75 Å². The Morgan fingerprint density at radius 2 is 1.58 bits per heavy atom. The Morgan fingerprint density at radius 3 is 2.27 bits per heavy atom. The molecule has 244 valence electrons. The molecule has 0 saturated heterocycles. The molecule has 1 unspecified atom stereocenters. The van der Waals surface area contributed by atoms with E-state index in [1.807, 2.05) is 79.0 Å². The molecule has 4 aromatic carbocycles. The van der Waals surface area contributed by atoms with Gasteiger partial charge in [-0.25, -0.2) is 4.98 Å². The van der Waals surface area contributed by atoms with E-state index in [0.717, 1.165) is 27.5 Å². The van der Waals surface area contributed by atoms with Crippen molar-refractivity contribution in [2.24, 2.45) is 0 Å². The molecule has 3 amide bonds. The second-order valence-corrected chi connectivity index (χ2v) is 13.5. The molecule has 0 bridgehead atoms. The number of thioether (sulfide) groups is 1. The quantitative estimate of drug-likeness (QED) is 0.0904. The molecule has 3 N–H and O–H groups in total. The van der Waals surface area contributed by atoms with E-state index in [1.54, 1.807) is 49.6 Å². The normalized spacial score (nSPS) is 11.9. The van der Waals surface area contributed by atoms with Gasteiger partial charge in [0.15, 0.2) is 5.13 Å². The van der Waals surface area contributed by atoms with Gasteiger partial charge in [-0.15, -0.1) is 23.1 Å². The van der Waals surface area contributed by atoms with Gasteiger partial charge < -0.3 is 20.7 Å². The zero-order chi connectivity index (χ0) is 34.0. The minimum Gasteiger partial charge on any atom is -0.497 e. The molecule has 1 aromatic heterocycles. The summed E-state index contributed by atoms with van der Waals surface area (Å²) in [7, 11) is 1.62. The fourth-order valence-corrected chi connectivity index (χ4v) is 6.20. The van der Waals surface area contributed by atoms with Crippen molar-refractivity contribution in [3.05, 3.63) is 131 Å². The van der Waals surface area contributed by atoms with Crippen LogP contribution in [0.3, 0.4) is 0 Å². The number of anilines is 2. The van der Waals surface area contributed by atoms with Crippen molar-refractivity contribution >= 4 is 57.7 Å². The number of nitrogens with one attached hydrogen (secondary N) is 3. The Bertz CT molecular complexity index is 1900. The highest BCUT2D eigenvalue weighted by molar-refractivity contribution is 8.00. The van der Waals surface area contributed by atoms with Gasteiger partial charge in [0.05, 0.1) is 18.1 Å². The van der Waals surface area contributed by atoms with E-state index in [4.69, 9.17) is 4.74 Å². The number of aromatic nitrogens is 1. The summed E-state index contributed by atoms with van der Waals surface area (Å²) in [6.45, 7) is 6.06. The van der Waals surface area contributed by atoms with Crippen molar-refractivity contribution in [3.63, 3.8) is 0 Å². The summed E-state index contributed by atoms with van der Waals surface area (Å²) in [5.74, 6) is 0.0926. The van der Waals surface area contributed by atoms with Crippen LogP contribution in [-0.2, 0) is 9.59 Å². The number of rotatable bonds is 12. The Morgan fingerprint density at radius 1 is 0.854 bits per heavy atom. The number of hydrogen-bond acceptors (Lipinski definition) is 7. The molecular weight excluding hydrogens is 641 g/mol. The molecule has 5 aromatic rings. The van der Waals surface area contributed by atoms with Crippen LogP contribution in [0.2, 0.25) is 0 Å². The monoisotopic (exact) mass is 676 g/mol. The number of carbonyl (C=O) groups excluding carboxylic acids is 3. The Hall–Kier alpha value is -5.19. The molecule has 1 atom stereocenters. The molecule has 0 aliphatic rings.